The highest BCUT2D eigenvalue weighted by atomic mass is 79.9. The lowest BCUT2D eigenvalue weighted by Gasteiger charge is -2.49. The number of halogens is 1. The van der Waals surface area contributed by atoms with Crippen molar-refractivity contribution in [3.8, 4) is 5.75 Å². The molecule has 0 aromatic heterocycles. The van der Waals surface area contributed by atoms with E-state index >= 15 is 0 Å². The van der Waals surface area contributed by atoms with Gasteiger partial charge in [0, 0.05) is 20.8 Å². The lowest BCUT2D eigenvalue weighted by atomic mass is 9.99. The van der Waals surface area contributed by atoms with Gasteiger partial charge in [-0.25, -0.2) is 13.2 Å². The molecule has 10 nitrogen and oxygen atoms in total. The van der Waals surface area contributed by atoms with E-state index in [1.54, 1.807) is 72.8 Å². The molecule has 3 atom stereocenters. The highest BCUT2D eigenvalue weighted by Crippen LogP contribution is 2.39. The van der Waals surface area contributed by atoms with Gasteiger partial charge in [-0.3, -0.25) is 14.4 Å². The van der Waals surface area contributed by atoms with E-state index in [2.05, 4.69) is 27.8 Å². The van der Waals surface area contributed by atoms with Crippen LogP contribution >= 0.6 is 26.7 Å². The number of carbonyl (C=O) groups is 4. The van der Waals surface area contributed by atoms with Gasteiger partial charge in [0.2, 0.25) is 14.8 Å². The fourth-order valence-corrected chi connectivity index (χ4v) is 7.93. The molecule has 0 radical (unpaired) electrons. The van der Waals surface area contributed by atoms with Gasteiger partial charge in [0.1, 0.15) is 17.2 Å². The molecule has 4 rings (SSSR count). The van der Waals surface area contributed by atoms with Crippen LogP contribution in [0.15, 0.2) is 106 Å². The maximum absolute atomic E-state index is 13.4. The van der Waals surface area contributed by atoms with Crippen molar-refractivity contribution >= 4 is 59.2 Å². The van der Waals surface area contributed by atoms with E-state index in [0.29, 0.717) is 22.1 Å². The van der Waals surface area contributed by atoms with Gasteiger partial charge in [-0.05, 0) is 48.9 Å². The van der Waals surface area contributed by atoms with Gasteiger partial charge in [-0.2, -0.15) is 0 Å². The fraction of sp³-hybridized carbons (Fsp3) is 0.200. The first-order valence-corrected chi connectivity index (χ1v) is 16.5. The van der Waals surface area contributed by atoms with Crippen LogP contribution in [0.3, 0.4) is 0 Å². The number of ether oxygens (including phenoxy) is 2. The third kappa shape index (κ3) is 7.92. The molecule has 224 valence electrons. The van der Waals surface area contributed by atoms with Crippen molar-refractivity contribution in [2.45, 2.75) is 29.3 Å². The molecule has 3 aromatic carbocycles. The fourth-order valence-electron chi connectivity index (χ4n) is 4.14. The minimum absolute atomic E-state index is 0.0219. The predicted octanol–water partition coefficient (Wildman–Crippen LogP) is 3.97. The molecular weight excluding hydrogens is 660 g/mol. The van der Waals surface area contributed by atoms with Crippen LogP contribution in [0.5, 0.6) is 5.75 Å². The van der Waals surface area contributed by atoms with Gasteiger partial charge < -0.3 is 19.7 Å². The number of nitrogens with zero attached hydrogens (tertiary/aromatic N) is 1. The Morgan fingerprint density at radius 3 is 2.19 bits per heavy atom. The number of hydrogen-bond donors (Lipinski definition) is 1. The van der Waals surface area contributed by atoms with E-state index in [9.17, 15) is 27.6 Å². The third-order valence-electron chi connectivity index (χ3n) is 6.25. The summed E-state index contributed by atoms with van der Waals surface area (Å²) in [6.45, 7) is 4.23. The van der Waals surface area contributed by atoms with Gasteiger partial charge >= 0.3 is 5.97 Å². The van der Waals surface area contributed by atoms with E-state index in [-0.39, 0.29) is 10.5 Å². The van der Waals surface area contributed by atoms with Crippen molar-refractivity contribution in [1.29, 1.82) is 0 Å². The molecule has 43 heavy (non-hydrogen) atoms. The smallest absolute Gasteiger partial charge is 0.333 e. The second-order valence-corrected chi connectivity index (χ2v) is 14.3. The lowest BCUT2D eigenvalue weighted by Crippen LogP contribution is -2.73. The van der Waals surface area contributed by atoms with Crippen molar-refractivity contribution in [3.63, 3.8) is 0 Å². The molecule has 1 aliphatic rings. The summed E-state index contributed by atoms with van der Waals surface area (Å²) in [5.41, 5.74) is 0.486. The van der Waals surface area contributed by atoms with Gasteiger partial charge in [0.15, 0.2) is 25.0 Å². The zero-order chi connectivity index (χ0) is 31.1. The normalized spacial score (nSPS) is 16.9. The molecule has 0 saturated carbocycles. The molecule has 13 heteroatoms. The van der Waals surface area contributed by atoms with Crippen LogP contribution in [0.4, 0.5) is 0 Å². The number of likely N-dealkylation sites (tertiary alicyclic amines) is 1. The molecule has 1 fully saturated rings. The quantitative estimate of drug-likeness (QED) is 0.0931. The number of hydrogen-bond acceptors (Lipinski definition) is 9. The third-order valence-corrected chi connectivity index (χ3v) is 10.5. The molecule has 1 heterocycles. The number of Topliss-reactive ketones (excluding diaryl/α,β-unsaturated/α-hetero) is 1. The van der Waals surface area contributed by atoms with Crippen LogP contribution in [-0.2, 0) is 28.0 Å². The SMILES string of the molecule is C=C(C)C(C(=O)OCC(=O)c1ccc(Br)cc1)N1C(=O)C(NC(=O)COc2ccccc2)C1SS(=O)(=O)c1ccccc1. The van der Waals surface area contributed by atoms with Crippen molar-refractivity contribution in [2.75, 3.05) is 13.2 Å². The van der Waals surface area contributed by atoms with Crippen LogP contribution in [0, 0.1) is 0 Å². The zero-order valence-electron chi connectivity index (χ0n) is 22.8. The first kappa shape index (κ1) is 32.0. The molecule has 0 aliphatic carbocycles. The summed E-state index contributed by atoms with van der Waals surface area (Å²) >= 11 is 3.29. The zero-order valence-corrected chi connectivity index (χ0v) is 26.1. The highest BCUT2D eigenvalue weighted by molar-refractivity contribution is 9.10. The van der Waals surface area contributed by atoms with Crippen molar-refractivity contribution in [2.24, 2.45) is 0 Å². The van der Waals surface area contributed by atoms with Gasteiger partial charge in [-0.15, -0.1) is 0 Å². The minimum Gasteiger partial charge on any atom is -0.484 e. The maximum atomic E-state index is 13.4. The maximum Gasteiger partial charge on any atom is 0.333 e. The molecule has 2 amide bonds. The number of amides is 2. The average molecular weight is 688 g/mol. The summed E-state index contributed by atoms with van der Waals surface area (Å²) in [5, 5.41) is 1.29. The van der Waals surface area contributed by atoms with E-state index < -0.39 is 63.1 Å². The standard InChI is InChI=1S/C30H27BrN2O8S2/c1-19(2)27(30(37)41-17-24(34)20-13-15-21(31)16-14-20)33-28(36)26(32-25(35)18-40-22-9-5-3-6-10-22)29(33)42-43(38,39)23-11-7-4-8-12-23/h3-16,26-27,29H,1,17-18H2,2H3,(H,32,35). The molecular formula is C30H27BrN2O8S2. The number of para-hydroxylation sites is 1. The lowest BCUT2D eigenvalue weighted by molar-refractivity contribution is -0.162. The van der Waals surface area contributed by atoms with Crippen molar-refractivity contribution in [1.82, 2.24) is 10.2 Å². The number of β-lactam (4-membered cyclic amide) rings is 1. The second kappa shape index (κ2) is 14.0. The monoisotopic (exact) mass is 686 g/mol. The largest absolute Gasteiger partial charge is 0.484 e. The number of carbonyl (C=O) groups excluding carboxylic acids is 4. The Labute approximate surface area is 260 Å². The average Bonchev–Trinajstić information content (AvgIpc) is 3.00. The van der Waals surface area contributed by atoms with Crippen molar-refractivity contribution in [3.05, 3.63) is 107 Å². The minimum atomic E-state index is -4.05. The summed E-state index contributed by atoms with van der Waals surface area (Å²) in [7, 11) is -3.64. The highest BCUT2D eigenvalue weighted by Gasteiger charge is 2.55. The summed E-state index contributed by atoms with van der Waals surface area (Å²) in [6, 6.07) is 19.8. The molecule has 1 saturated heterocycles. The number of rotatable bonds is 13. The Hall–Kier alpha value is -3.94. The number of nitrogens with one attached hydrogen (secondary N) is 1. The topological polar surface area (TPSA) is 136 Å². The molecule has 0 bridgehead atoms. The van der Waals surface area contributed by atoms with Crippen LogP contribution < -0.4 is 10.1 Å². The number of ketones is 1. The first-order valence-electron chi connectivity index (χ1n) is 12.9. The molecule has 3 unspecified atom stereocenters. The molecule has 0 spiro atoms. The number of benzene rings is 3. The summed E-state index contributed by atoms with van der Waals surface area (Å²) in [6.07, 6.45) is 0. The van der Waals surface area contributed by atoms with Gasteiger partial charge in [0.25, 0.3) is 5.91 Å². The Kier molecular flexibility index (Phi) is 10.4. The van der Waals surface area contributed by atoms with Gasteiger partial charge in [0.05, 0.1) is 4.90 Å². The second-order valence-electron chi connectivity index (χ2n) is 9.43. The van der Waals surface area contributed by atoms with E-state index in [1.165, 1.54) is 19.1 Å². The Morgan fingerprint density at radius 1 is 0.977 bits per heavy atom. The Bertz CT molecular complexity index is 1620. The van der Waals surface area contributed by atoms with E-state index in [1.807, 2.05) is 0 Å². The van der Waals surface area contributed by atoms with Crippen molar-refractivity contribution < 1.29 is 37.1 Å². The predicted molar refractivity (Wildman–Crippen MR) is 164 cm³/mol. The summed E-state index contributed by atoms with van der Waals surface area (Å²) < 4.78 is 38.0. The summed E-state index contributed by atoms with van der Waals surface area (Å²) in [5.74, 6) is -2.40. The van der Waals surface area contributed by atoms with Crippen LogP contribution in [-0.4, -0.2) is 67.6 Å². The molecule has 1 aliphatic heterocycles. The Morgan fingerprint density at radius 2 is 1.58 bits per heavy atom. The Balaban J connectivity index is 1.52. The van der Waals surface area contributed by atoms with E-state index in [4.69, 9.17) is 9.47 Å². The van der Waals surface area contributed by atoms with Crippen LogP contribution in [0.25, 0.3) is 0 Å². The van der Waals surface area contributed by atoms with Crippen LogP contribution in [0.2, 0.25) is 0 Å². The summed E-state index contributed by atoms with van der Waals surface area (Å²) in [4.78, 5) is 52.9. The number of esters is 1. The van der Waals surface area contributed by atoms with Gasteiger partial charge in [-0.1, -0.05) is 71.0 Å². The van der Waals surface area contributed by atoms with E-state index in [0.717, 1.165) is 9.37 Å². The molecule has 1 N–H and O–H groups in total. The molecule has 3 aromatic rings. The first-order chi connectivity index (χ1) is 20.5. The van der Waals surface area contributed by atoms with Crippen LogP contribution in [0.1, 0.15) is 17.3 Å².